The van der Waals surface area contributed by atoms with E-state index in [9.17, 15) is 0 Å². The highest BCUT2D eigenvalue weighted by atomic mass is 16.5. The molecule has 2 heterocycles. The summed E-state index contributed by atoms with van der Waals surface area (Å²) in [6.07, 6.45) is 1.83. The molecule has 0 unspecified atom stereocenters. The van der Waals surface area contributed by atoms with Gasteiger partial charge in [-0.05, 0) is 18.1 Å². The van der Waals surface area contributed by atoms with E-state index in [2.05, 4.69) is 34.9 Å². The largest absolute Gasteiger partial charge is 0.481 e. The molecule has 2 aromatic heterocycles. The Hall–Kier alpha value is -2.69. The van der Waals surface area contributed by atoms with Crippen LogP contribution < -0.4 is 9.47 Å². The van der Waals surface area contributed by atoms with Crippen LogP contribution in [-0.2, 0) is 0 Å². The highest BCUT2D eigenvalue weighted by Crippen LogP contribution is 2.35. The van der Waals surface area contributed by atoms with Gasteiger partial charge in [-0.1, -0.05) is 32.0 Å². The van der Waals surface area contributed by atoms with Crippen LogP contribution in [0.1, 0.15) is 25.3 Å². The molecule has 0 amide bonds. The molecule has 0 saturated heterocycles. The first-order valence-electron chi connectivity index (χ1n) is 7.49. The van der Waals surface area contributed by atoms with E-state index >= 15 is 0 Å². The molecule has 0 N–H and O–H groups in total. The molecule has 0 aliphatic heterocycles. The summed E-state index contributed by atoms with van der Waals surface area (Å²) in [6.45, 7) is 4.18. The minimum Gasteiger partial charge on any atom is -0.481 e. The van der Waals surface area contributed by atoms with Gasteiger partial charge >= 0.3 is 6.01 Å². The third-order valence-electron chi connectivity index (χ3n) is 3.71. The molecule has 0 aliphatic rings. The zero-order chi connectivity index (χ0) is 16.4. The van der Waals surface area contributed by atoms with Gasteiger partial charge in [0.2, 0.25) is 5.88 Å². The zero-order valence-electron chi connectivity index (χ0n) is 13.7. The van der Waals surface area contributed by atoms with Gasteiger partial charge in [0.1, 0.15) is 0 Å². The van der Waals surface area contributed by atoms with E-state index in [4.69, 9.17) is 9.47 Å². The number of benzene rings is 1. The number of methoxy groups -OCH3 is 2. The van der Waals surface area contributed by atoms with Gasteiger partial charge in [0.25, 0.3) is 0 Å². The van der Waals surface area contributed by atoms with Gasteiger partial charge < -0.3 is 9.47 Å². The molecule has 3 aromatic rings. The van der Waals surface area contributed by atoms with Crippen LogP contribution in [0.5, 0.6) is 11.9 Å². The molecule has 23 heavy (non-hydrogen) atoms. The lowest BCUT2D eigenvalue weighted by Gasteiger charge is -2.16. The van der Waals surface area contributed by atoms with Crippen LogP contribution in [0.3, 0.4) is 0 Å². The van der Waals surface area contributed by atoms with Crippen molar-refractivity contribution in [1.29, 1.82) is 0 Å². The summed E-state index contributed by atoms with van der Waals surface area (Å²) >= 11 is 0. The first kappa shape index (κ1) is 15.2. The maximum atomic E-state index is 5.45. The van der Waals surface area contributed by atoms with Gasteiger partial charge in [0.15, 0.2) is 0 Å². The summed E-state index contributed by atoms with van der Waals surface area (Å²) in [5, 5.41) is 1.07. The molecule has 118 valence electrons. The molecule has 5 nitrogen and oxygen atoms in total. The maximum Gasteiger partial charge on any atom is 0.320 e. The molecule has 3 rings (SSSR count). The first-order chi connectivity index (χ1) is 11.1. The molecule has 0 atom stereocenters. The zero-order valence-corrected chi connectivity index (χ0v) is 13.7. The number of aromatic nitrogens is 3. The SMILES string of the molecule is COc1nc(OC)c(C(C)C)c(-c2cnc3ccccc3c2)n1. The smallest absolute Gasteiger partial charge is 0.320 e. The fourth-order valence-corrected chi connectivity index (χ4v) is 2.62. The molecular weight excluding hydrogens is 290 g/mol. The standard InChI is InChI=1S/C18H19N3O2/c1-11(2)15-16(20-18(23-4)21-17(15)22-3)13-9-12-7-5-6-8-14(12)19-10-13/h5-11H,1-4H3. The van der Waals surface area contributed by atoms with Crippen molar-refractivity contribution in [2.75, 3.05) is 14.2 Å². The fraction of sp³-hybridized carbons (Fsp3) is 0.278. The highest BCUT2D eigenvalue weighted by Gasteiger charge is 2.20. The average molecular weight is 309 g/mol. The van der Waals surface area contributed by atoms with E-state index in [0.717, 1.165) is 27.7 Å². The molecular formula is C18H19N3O2. The van der Waals surface area contributed by atoms with Gasteiger partial charge in [-0.15, -0.1) is 0 Å². The third kappa shape index (κ3) is 2.82. The van der Waals surface area contributed by atoms with Gasteiger partial charge in [-0.25, -0.2) is 0 Å². The van der Waals surface area contributed by atoms with E-state index in [1.165, 1.54) is 0 Å². The number of hydrogen-bond donors (Lipinski definition) is 0. The number of hydrogen-bond acceptors (Lipinski definition) is 5. The van der Waals surface area contributed by atoms with Crippen molar-refractivity contribution < 1.29 is 9.47 Å². The topological polar surface area (TPSA) is 57.1 Å². The number of pyridine rings is 1. The van der Waals surface area contributed by atoms with Gasteiger partial charge in [0, 0.05) is 22.7 Å². The van der Waals surface area contributed by atoms with Crippen molar-refractivity contribution in [3.8, 4) is 23.1 Å². The van der Waals surface area contributed by atoms with Gasteiger partial charge in [-0.2, -0.15) is 9.97 Å². The second-order valence-corrected chi connectivity index (χ2v) is 5.55. The molecule has 0 saturated carbocycles. The minimum absolute atomic E-state index is 0.206. The molecule has 0 bridgehead atoms. The van der Waals surface area contributed by atoms with Gasteiger partial charge in [-0.3, -0.25) is 4.98 Å². The summed E-state index contributed by atoms with van der Waals surface area (Å²) in [5.41, 5.74) is 3.62. The molecule has 0 spiro atoms. The minimum atomic E-state index is 0.206. The Labute approximate surface area is 135 Å². The summed E-state index contributed by atoms with van der Waals surface area (Å²) in [5.74, 6) is 0.743. The van der Waals surface area contributed by atoms with E-state index < -0.39 is 0 Å². The quantitative estimate of drug-likeness (QED) is 0.733. The monoisotopic (exact) mass is 309 g/mol. The first-order valence-corrected chi connectivity index (χ1v) is 7.49. The number of fused-ring (bicyclic) bond motifs is 1. The van der Waals surface area contributed by atoms with Crippen LogP contribution in [0.2, 0.25) is 0 Å². The number of para-hydroxylation sites is 1. The third-order valence-corrected chi connectivity index (χ3v) is 3.71. The van der Waals surface area contributed by atoms with Crippen LogP contribution in [0.4, 0.5) is 0 Å². The summed E-state index contributed by atoms with van der Waals surface area (Å²) in [7, 11) is 3.16. The highest BCUT2D eigenvalue weighted by molar-refractivity contribution is 5.83. The molecule has 0 fully saturated rings. The van der Waals surface area contributed by atoms with Crippen molar-refractivity contribution in [3.05, 3.63) is 42.1 Å². The summed E-state index contributed by atoms with van der Waals surface area (Å²) in [6, 6.07) is 10.4. The van der Waals surface area contributed by atoms with E-state index in [-0.39, 0.29) is 11.9 Å². The second-order valence-electron chi connectivity index (χ2n) is 5.55. The Kier molecular flexibility index (Phi) is 4.10. The number of rotatable bonds is 4. The van der Waals surface area contributed by atoms with Crippen LogP contribution in [0, 0.1) is 0 Å². The Morgan fingerprint density at radius 3 is 2.48 bits per heavy atom. The van der Waals surface area contributed by atoms with Crippen LogP contribution in [-0.4, -0.2) is 29.2 Å². The fourth-order valence-electron chi connectivity index (χ4n) is 2.62. The van der Waals surface area contributed by atoms with Gasteiger partial charge in [0.05, 0.1) is 25.4 Å². The Morgan fingerprint density at radius 2 is 1.78 bits per heavy atom. The lowest BCUT2D eigenvalue weighted by Crippen LogP contribution is -2.05. The Morgan fingerprint density at radius 1 is 1.00 bits per heavy atom. The molecule has 0 aliphatic carbocycles. The molecule has 0 radical (unpaired) electrons. The normalized spacial score (nSPS) is 11.0. The lowest BCUT2D eigenvalue weighted by molar-refractivity contribution is 0.348. The molecule has 1 aromatic carbocycles. The number of ether oxygens (including phenoxy) is 2. The Bertz CT molecular complexity index is 847. The Balaban J connectivity index is 2.27. The van der Waals surface area contributed by atoms with E-state index in [1.807, 2.05) is 30.5 Å². The molecule has 5 heteroatoms. The van der Waals surface area contributed by atoms with Crippen LogP contribution in [0.25, 0.3) is 22.2 Å². The van der Waals surface area contributed by atoms with Crippen molar-refractivity contribution in [1.82, 2.24) is 15.0 Å². The number of nitrogens with zero attached hydrogens (tertiary/aromatic N) is 3. The lowest BCUT2D eigenvalue weighted by atomic mass is 9.98. The maximum absolute atomic E-state index is 5.45. The van der Waals surface area contributed by atoms with Crippen molar-refractivity contribution in [2.24, 2.45) is 0 Å². The van der Waals surface area contributed by atoms with E-state index in [1.54, 1.807) is 14.2 Å². The van der Waals surface area contributed by atoms with Crippen LogP contribution >= 0.6 is 0 Å². The van der Waals surface area contributed by atoms with Crippen LogP contribution in [0.15, 0.2) is 36.5 Å². The predicted molar refractivity (Wildman–Crippen MR) is 90.0 cm³/mol. The van der Waals surface area contributed by atoms with E-state index in [0.29, 0.717) is 5.88 Å². The average Bonchev–Trinajstić information content (AvgIpc) is 2.59. The predicted octanol–water partition coefficient (Wildman–Crippen LogP) is 3.83. The van der Waals surface area contributed by atoms with Crippen molar-refractivity contribution >= 4 is 10.9 Å². The second kappa shape index (κ2) is 6.20. The summed E-state index contributed by atoms with van der Waals surface area (Å²) < 4.78 is 10.7. The van der Waals surface area contributed by atoms with Crippen molar-refractivity contribution in [2.45, 2.75) is 19.8 Å². The van der Waals surface area contributed by atoms with Crippen molar-refractivity contribution in [3.63, 3.8) is 0 Å². The summed E-state index contributed by atoms with van der Waals surface area (Å²) in [4.78, 5) is 13.4.